The van der Waals surface area contributed by atoms with E-state index in [1.807, 2.05) is 6.92 Å². The Morgan fingerprint density at radius 2 is 2.11 bits per heavy atom. The minimum Gasteiger partial charge on any atom is -0.465 e. The number of halogens is 1. The predicted octanol–water partition coefficient (Wildman–Crippen LogP) is 1.54. The van der Waals surface area contributed by atoms with Crippen LogP contribution >= 0.6 is 0 Å². The molecule has 0 aliphatic carbocycles. The largest absolute Gasteiger partial charge is 0.465 e. The molecular formula is C13H19FN2O2. The normalized spacial score (nSPS) is 12.0. The second-order valence-corrected chi connectivity index (χ2v) is 3.85. The van der Waals surface area contributed by atoms with Gasteiger partial charge in [-0.2, -0.15) is 0 Å². The molecule has 0 aliphatic rings. The van der Waals surface area contributed by atoms with Crippen molar-refractivity contribution in [2.75, 3.05) is 24.6 Å². The van der Waals surface area contributed by atoms with E-state index < -0.39 is 12.0 Å². The summed E-state index contributed by atoms with van der Waals surface area (Å²) in [7, 11) is 0. The number of nitrogens with two attached hydrogens (primary N) is 1. The smallest absolute Gasteiger partial charge is 0.324 e. The summed E-state index contributed by atoms with van der Waals surface area (Å²) in [6.07, 6.45) is 0. The second-order valence-electron chi connectivity index (χ2n) is 3.85. The summed E-state index contributed by atoms with van der Waals surface area (Å²) in [5.41, 5.74) is 6.17. The van der Waals surface area contributed by atoms with Crippen molar-refractivity contribution in [2.45, 2.75) is 19.9 Å². The Bertz CT molecular complexity index is 398. The van der Waals surface area contributed by atoms with Crippen molar-refractivity contribution in [3.8, 4) is 0 Å². The van der Waals surface area contributed by atoms with E-state index in [1.165, 1.54) is 6.07 Å². The van der Waals surface area contributed by atoms with E-state index in [-0.39, 0.29) is 12.4 Å². The predicted molar refractivity (Wildman–Crippen MR) is 68.9 cm³/mol. The first kappa shape index (κ1) is 14.4. The molecule has 18 heavy (non-hydrogen) atoms. The third-order valence-electron chi connectivity index (χ3n) is 2.58. The number of carbonyl (C=O) groups excluding carboxylic acids is 1. The van der Waals surface area contributed by atoms with Crippen LogP contribution in [0.3, 0.4) is 0 Å². The van der Waals surface area contributed by atoms with Crippen molar-refractivity contribution in [3.05, 3.63) is 30.1 Å². The quantitative estimate of drug-likeness (QED) is 0.782. The fourth-order valence-electron chi connectivity index (χ4n) is 1.67. The number of hydrogen-bond acceptors (Lipinski definition) is 4. The summed E-state index contributed by atoms with van der Waals surface area (Å²) in [6.45, 7) is 4.69. The number of likely N-dealkylation sites (N-methyl/N-ethyl adjacent to an activating group) is 1. The third kappa shape index (κ3) is 3.70. The molecule has 1 rings (SSSR count). The number of benzene rings is 1. The summed E-state index contributed by atoms with van der Waals surface area (Å²) in [5.74, 6) is -0.789. The molecule has 0 aliphatic heterocycles. The van der Waals surface area contributed by atoms with E-state index in [4.69, 9.17) is 10.5 Å². The number of anilines is 1. The molecule has 0 amide bonds. The van der Waals surface area contributed by atoms with Gasteiger partial charge in [0.2, 0.25) is 0 Å². The van der Waals surface area contributed by atoms with E-state index in [0.717, 1.165) is 0 Å². The molecule has 0 saturated heterocycles. The SMILES string of the molecule is CCOC(=O)C(N)CN(CC)c1ccccc1F. The van der Waals surface area contributed by atoms with Gasteiger partial charge in [0.25, 0.3) is 0 Å². The summed E-state index contributed by atoms with van der Waals surface area (Å²) in [5, 5.41) is 0. The highest BCUT2D eigenvalue weighted by Crippen LogP contribution is 2.18. The van der Waals surface area contributed by atoms with Crippen LogP contribution < -0.4 is 10.6 Å². The highest BCUT2D eigenvalue weighted by molar-refractivity contribution is 5.76. The Kier molecular flexibility index (Phi) is 5.58. The van der Waals surface area contributed by atoms with Crippen LogP contribution in [0.1, 0.15) is 13.8 Å². The van der Waals surface area contributed by atoms with Gasteiger partial charge in [0.1, 0.15) is 11.9 Å². The Morgan fingerprint density at radius 1 is 1.44 bits per heavy atom. The molecule has 0 heterocycles. The monoisotopic (exact) mass is 254 g/mol. The van der Waals surface area contributed by atoms with Gasteiger partial charge < -0.3 is 15.4 Å². The van der Waals surface area contributed by atoms with Gasteiger partial charge in [0.05, 0.1) is 12.3 Å². The van der Waals surface area contributed by atoms with Crippen molar-refractivity contribution in [1.82, 2.24) is 0 Å². The Hall–Kier alpha value is -1.62. The molecule has 2 N–H and O–H groups in total. The number of carbonyl (C=O) groups is 1. The summed E-state index contributed by atoms with van der Waals surface area (Å²) in [6, 6.07) is 5.64. The molecule has 0 spiro atoms. The molecule has 1 atom stereocenters. The van der Waals surface area contributed by atoms with E-state index >= 15 is 0 Å². The zero-order chi connectivity index (χ0) is 13.5. The zero-order valence-corrected chi connectivity index (χ0v) is 10.7. The maximum atomic E-state index is 13.6. The van der Waals surface area contributed by atoms with E-state index in [1.54, 1.807) is 30.0 Å². The first-order valence-electron chi connectivity index (χ1n) is 6.01. The van der Waals surface area contributed by atoms with Crippen molar-refractivity contribution >= 4 is 11.7 Å². The number of rotatable bonds is 6. The molecule has 100 valence electrons. The Balaban J connectivity index is 2.74. The van der Waals surface area contributed by atoms with E-state index in [0.29, 0.717) is 18.8 Å². The minimum atomic E-state index is -0.774. The first-order chi connectivity index (χ1) is 8.60. The van der Waals surface area contributed by atoms with Gasteiger partial charge in [-0.25, -0.2) is 4.39 Å². The van der Waals surface area contributed by atoms with Crippen molar-refractivity contribution in [1.29, 1.82) is 0 Å². The van der Waals surface area contributed by atoms with Gasteiger partial charge in [-0.15, -0.1) is 0 Å². The van der Waals surface area contributed by atoms with Crippen molar-refractivity contribution in [2.24, 2.45) is 5.73 Å². The first-order valence-corrected chi connectivity index (χ1v) is 6.01. The van der Waals surface area contributed by atoms with Gasteiger partial charge in [-0.1, -0.05) is 12.1 Å². The lowest BCUT2D eigenvalue weighted by molar-refractivity contribution is -0.144. The number of esters is 1. The number of nitrogens with zero attached hydrogens (tertiary/aromatic N) is 1. The average Bonchev–Trinajstić information content (AvgIpc) is 2.37. The summed E-state index contributed by atoms with van der Waals surface area (Å²) >= 11 is 0. The maximum absolute atomic E-state index is 13.6. The molecule has 5 heteroatoms. The molecule has 0 bridgehead atoms. The molecular weight excluding hydrogens is 235 g/mol. The fraction of sp³-hybridized carbons (Fsp3) is 0.462. The molecule has 4 nitrogen and oxygen atoms in total. The van der Waals surface area contributed by atoms with Gasteiger partial charge >= 0.3 is 5.97 Å². The van der Waals surface area contributed by atoms with Crippen LogP contribution in [-0.4, -0.2) is 31.7 Å². The molecule has 0 aromatic heterocycles. The van der Waals surface area contributed by atoms with Crippen LogP contribution in [0, 0.1) is 5.82 Å². The maximum Gasteiger partial charge on any atom is 0.324 e. The molecule has 0 saturated carbocycles. The van der Waals surface area contributed by atoms with Crippen LogP contribution in [0.5, 0.6) is 0 Å². The summed E-state index contributed by atoms with van der Waals surface area (Å²) < 4.78 is 18.5. The standard InChI is InChI=1S/C13H19FN2O2/c1-3-16(9-11(15)13(17)18-4-2)12-8-6-5-7-10(12)14/h5-8,11H,3-4,9,15H2,1-2H3. The molecule has 1 unspecified atom stereocenters. The Labute approximate surface area is 107 Å². The zero-order valence-electron chi connectivity index (χ0n) is 10.7. The van der Waals surface area contributed by atoms with Crippen LogP contribution in [0.15, 0.2) is 24.3 Å². The molecule has 1 aromatic rings. The lowest BCUT2D eigenvalue weighted by atomic mass is 10.2. The van der Waals surface area contributed by atoms with Gasteiger partial charge in [-0.05, 0) is 26.0 Å². The number of para-hydroxylation sites is 1. The highest BCUT2D eigenvalue weighted by Gasteiger charge is 2.19. The molecule has 1 aromatic carbocycles. The van der Waals surface area contributed by atoms with Crippen LogP contribution in [0.4, 0.5) is 10.1 Å². The summed E-state index contributed by atoms with van der Waals surface area (Å²) in [4.78, 5) is 13.2. The average molecular weight is 254 g/mol. The molecule has 0 fully saturated rings. The third-order valence-corrected chi connectivity index (χ3v) is 2.58. The van der Waals surface area contributed by atoms with E-state index in [2.05, 4.69) is 0 Å². The van der Waals surface area contributed by atoms with Gasteiger partial charge in [0, 0.05) is 13.1 Å². The van der Waals surface area contributed by atoms with Crippen LogP contribution in [-0.2, 0) is 9.53 Å². The highest BCUT2D eigenvalue weighted by atomic mass is 19.1. The van der Waals surface area contributed by atoms with Crippen molar-refractivity contribution < 1.29 is 13.9 Å². The lowest BCUT2D eigenvalue weighted by Crippen LogP contribution is -2.44. The number of hydrogen-bond donors (Lipinski definition) is 1. The van der Waals surface area contributed by atoms with Gasteiger partial charge in [0.15, 0.2) is 0 Å². The molecule has 0 radical (unpaired) electrons. The fourth-order valence-corrected chi connectivity index (χ4v) is 1.67. The number of ether oxygens (including phenoxy) is 1. The van der Waals surface area contributed by atoms with E-state index in [9.17, 15) is 9.18 Å². The second kappa shape index (κ2) is 6.96. The lowest BCUT2D eigenvalue weighted by Gasteiger charge is -2.25. The van der Waals surface area contributed by atoms with Crippen molar-refractivity contribution in [3.63, 3.8) is 0 Å². The topological polar surface area (TPSA) is 55.6 Å². The van der Waals surface area contributed by atoms with Crippen LogP contribution in [0.25, 0.3) is 0 Å². The van der Waals surface area contributed by atoms with Crippen LogP contribution in [0.2, 0.25) is 0 Å². The Morgan fingerprint density at radius 3 is 2.67 bits per heavy atom. The van der Waals surface area contributed by atoms with Gasteiger partial charge in [-0.3, -0.25) is 4.79 Å². The minimum absolute atomic E-state index is 0.232.